The minimum atomic E-state index is 0.369. The van der Waals surface area contributed by atoms with Crippen LogP contribution in [0.15, 0.2) is 0 Å². The van der Waals surface area contributed by atoms with E-state index in [2.05, 4.69) is 87.6 Å². The molecule has 210 valence electrons. The molecule has 6 aliphatic heterocycles. The maximum absolute atomic E-state index is 3.51. The second kappa shape index (κ2) is 11.1. The number of nitrogens with one attached hydrogen (secondary N) is 2. The fourth-order valence-electron chi connectivity index (χ4n) is 8.49. The summed E-state index contributed by atoms with van der Waals surface area (Å²) in [4.78, 5) is 8.11. The molecule has 6 heterocycles. The van der Waals surface area contributed by atoms with E-state index in [1.807, 2.05) is 0 Å². The summed E-state index contributed by atoms with van der Waals surface area (Å²) in [7, 11) is 0. The van der Waals surface area contributed by atoms with Crippen LogP contribution in [0.25, 0.3) is 0 Å². The Balaban J connectivity index is 0.000000127. The van der Waals surface area contributed by atoms with Crippen LogP contribution in [0.1, 0.15) is 107 Å². The Morgan fingerprint density at radius 2 is 0.861 bits per heavy atom. The van der Waals surface area contributed by atoms with Gasteiger partial charge in [-0.2, -0.15) is 0 Å². The molecular formula is C31H61N5. The quantitative estimate of drug-likeness (QED) is 0.488. The van der Waals surface area contributed by atoms with Gasteiger partial charge in [0.2, 0.25) is 0 Å². The third-order valence-corrected chi connectivity index (χ3v) is 9.96. The fraction of sp³-hybridized carbons (Fsp3) is 1.00. The molecule has 6 fully saturated rings. The number of rotatable bonds is 0. The van der Waals surface area contributed by atoms with Crippen LogP contribution in [0.3, 0.4) is 0 Å². The summed E-state index contributed by atoms with van der Waals surface area (Å²) in [6.07, 6.45) is 10.1. The zero-order valence-corrected chi connectivity index (χ0v) is 25.5. The van der Waals surface area contributed by atoms with E-state index in [-0.39, 0.29) is 0 Å². The first-order chi connectivity index (χ1) is 16.7. The standard InChI is InChI=1S/C11H21N.2C10H20N2/c1-11(2,3)12-9-5-4-6-10(12)8-7-9;1-10(2,3)12-6-8-4-11-5-9(8)7-12;1-10(2,3)12-8-4-5-9(12)7-11-6-8/h9-10H,4-8H2,1-3H3;2*8-9,11H,4-7H2,1-3H3. The van der Waals surface area contributed by atoms with Crippen molar-refractivity contribution in [1.29, 1.82) is 0 Å². The third kappa shape index (κ3) is 6.68. The molecule has 0 aromatic carbocycles. The summed E-state index contributed by atoms with van der Waals surface area (Å²) in [5, 5.41) is 6.98. The first-order valence-electron chi connectivity index (χ1n) is 15.5. The molecule has 6 aliphatic rings. The smallest absolute Gasteiger partial charge is 0.0229 e. The van der Waals surface area contributed by atoms with Crippen molar-refractivity contribution in [1.82, 2.24) is 25.3 Å². The predicted molar refractivity (Wildman–Crippen MR) is 155 cm³/mol. The monoisotopic (exact) mass is 503 g/mol. The number of likely N-dealkylation sites (tertiary alicyclic amines) is 1. The number of nitrogens with zero attached hydrogens (tertiary/aromatic N) is 3. The highest BCUT2D eigenvalue weighted by Crippen LogP contribution is 2.40. The van der Waals surface area contributed by atoms with Crippen LogP contribution in [0.5, 0.6) is 0 Å². The Labute approximate surface area is 224 Å². The van der Waals surface area contributed by atoms with Gasteiger partial charge >= 0.3 is 0 Å². The van der Waals surface area contributed by atoms with Gasteiger partial charge in [-0.25, -0.2) is 0 Å². The van der Waals surface area contributed by atoms with Gasteiger partial charge in [-0.15, -0.1) is 0 Å². The number of fused-ring (bicyclic) bond motifs is 5. The molecule has 4 bridgehead atoms. The zero-order valence-electron chi connectivity index (χ0n) is 25.5. The van der Waals surface area contributed by atoms with Crippen LogP contribution in [-0.4, -0.2) is 94.8 Å². The Morgan fingerprint density at radius 3 is 1.22 bits per heavy atom. The van der Waals surface area contributed by atoms with Crippen molar-refractivity contribution >= 4 is 0 Å². The summed E-state index contributed by atoms with van der Waals surface area (Å²) in [5.41, 5.74) is 1.16. The van der Waals surface area contributed by atoms with Crippen LogP contribution < -0.4 is 10.6 Å². The first kappa shape index (κ1) is 28.8. The molecule has 6 saturated heterocycles. The lowest BCUT2D eigenvalue weighted by atomic mass is 9.95. The number of hydrogen-bond acceptors (Lipinski definition) is 5. The molecule has 0 amide bonds. The second-order valence-electron chi connectivity index (χ2n) is 15.8. The van der Waals surface area contributed by atoms with Gasteiger partial charge in [0.05, 0.1) is 0 Å². The van der Waals surface area contributed by atoms with E-state index in [9.17, 15) is 0 Å². The third-order valence-electron chi connectivity index (χ3n) is 9.96. The Morgan fingerprint density at radius 1 is 0.472 bits per heavy atom. The summed E-state index contributed by atoms with van der Waals surface area (Å²) in [5.74, 6) is 1.87. The molecule has 36 heavy (non-hydrogen) atoms. The van der Waals surface area contributed by atoms with E-state index in [1.165, 1.54) is 84.2 Å². The molecule has 5 heteroatoms. The lowest BCUT2D eigenvalue weighted by Crippen LogP contribution is -2.58. The topological polar surface area (TPSA) is 33.8 Å². The largest absolute Gasteiger partial charge is 0.316 e. The Bertz CT molecular complexity index is 617. The zero-order chi connectivity index (χ0) is 26.3. The number of hydrogen-bond donors (Lipinski definition) is 2. The average molecular weight is 504 g/mol. The van der Waals surface area contributed by atoms with Gasteiger partial charge in [0.15, 0.2) is 0 Å². The minimum Gasteiger partial charge on any atom is -0.316 e. The maximum Gasteiger partial charge on any atom is 0.0229 e. The lowest BCUT2D eigenvalue weighted by molar-refractivity contribution is 0.0441. The molecule has 2 N–H and O–H groups in total. The van der Waals surface area contributed by atoms with Crippen molar-refractivity contribution < 1.29 is 0 Å². The maximum atomic E-state index is 3.51. The normalized spacial score (nSPS) is 37.2. The first-order valence-corrected chi connectivity index (χ1v) is 15.5. The van der Waals surface area contributed by atoms with Crippen molar-refractivity contribution in [2.75, 3.05) is 39.3 Å². The molecule has 6 atom stereocenters. The Kier molecular flexibility index (Phi) is 8.89. The van der Waals surface area contributed by atoms with Gasteiger partial charge in [-0.1, -0.05) is 6.42 Å². The number of piperazine rings is 1. The van der Waals surface area contributed by atoms with Crippen LogP contribution in [0, 0.1) is 11.8 Å². The van der Waals surface area contributed by atoms with Gasteiger partial charge < -0.3 is 10.6 Å². The molecule has 0 spiro atoms. The van der Waals surface area contributed by atoms with Gasteiger partial charge in [-0.05, 0) is 126 Å². The molecule has 0 radical (unpaired) electrons. The SMILES string of the molecule is CC(C)(C)N1C2CCC1CNC2.CC(C)(C)N1C2CCCC1CC2.CC(C)(C)N1CC2CNCC2C1. The van der Waals surface area contributed by atoms with Crippen molar-refractivity contribution in [2.45, 2.75) is 148 Å². The van der Waals surface area contributed by atoms with Gasteiger partial charge in [-0.3, -0.25) is 14.7 Å². The lowest BCUT2D eigenvalue weighted by Gasteiger charge is -2.44. The Hall–Kier alpha value is -0.200. The van der Waals surface area contributed by atoms with Crippen molar-refractivity contribution in [3.05, 3.63) is 0 Å². The highest BCUT2D eigenvalue weighted by molar-refractivity contribution is 5.00. The van der Waals surface area contributed by atoms with Crippen LogP contribution in [0.2, 0.25) is 0 Å². The van der Waals surface area contributed by atoms with Crippen LogP contribution >= 0.6 is 0 Å². The highest BCUT2D eigenvalue weighted by Gasteiger charge is 2.43. The van der Waals surface area contributed by atoms with Crippen molar-refractivity contribution in [3.63, 3.8) is 0 Å². The van der Waals surface area contributed by atoms with Gasteiger partial charge in [0.25, 0.3) is 0 Å². The van der Waals surface area contributed by atoms with Crippen LogP contribution in [-0.2, 0) is 0 Å². The average Bonchev–Trinajstić information content (AvgIpc) is 3.49. The summed E-state index contributed by atoms with van der Waals surface area (Å²) in [6.45, 7) is 28.6. The van der Waals surface area contributed by atoms with E-state index in [0.717, 1.165) is 36.0 Å². The number of piperidine rings is 1. The summed E-state index contributed by atoms with van der Waals surface area (Å²) >= 11 is 0. The molecule has 5 nitrogen and oxygen atoms in total. The molecule has 0 aliphatic carbocycles. The molecular weight excluding hydrogens is 442 g/mol. The van der Waals surface area contributed by atoms with Crippen molar-refractivity contribution in [3.8, 4) is 0 Å². The van der Waals surface area contributed by atoms with Gasteiger partial charge in [0, 0.05) is 67.0 Å². The van der Waals surface area contributed by atoms with E-state index < -0.39 is 0 Å². The van der Waals surface area contributed by atoms with Gasteiger partial charge in [0.1, 0.15) is 0 Å². The molecule has 6 rings (SSSR count). The van der Waals surface area contributed by atoms with Crippen LogP contribution in [0.4, 0.5) is 0 Å². The minimum absolute atomic E-state index is 0.369. The van der Waals surface area contributed by atoms with Crippen molar-refractivity contribution in [2.24, 2.45) is 11.8 Å². The molecule has 0 saturated carbocycles. The molecule has 0 aromatic rings. The second-order valence-corrected chi connectivity index (χ2v) is 15.8. The highest BCUT2D eigenvalue weighted by atomic mass is 15.3. The van der Waals surface area contributed by atoms with E-state index in [1.54, 1.807) is 0 Å². The van der Waals surface area contributed by atoms with E-state index >= 15 is 0 Å². The molecule has 0 aromatic heterocycles. The summed E-state index contributed by atoms with van der Waals surface area (Å²) < 4.78 is 0. The predicted octanol–water partition coefficient (Wildman–Crippen LogP) is 4.96. The fourth-order valence-corrected chi connectivity index (χ4v) is 8.49. The van der Waals surface area contributed by atoms with E-state index in [4.69, 9.17) is 0 Å². The molecule has 6 unspecified atom stereocenters. The van der Waals surface area contributed by atoms with E-state index in [0.29, 0.717) is 16.6 Å². The summed E-state index contributed by atoms with van der Waals surface area (Å²) in [6, 6.07) is 3.46.